The summed E-state index contributed by atoms with van der Waals surface area (Å²) in [6.45, 7) is 5.45. The van der Waals surface area contributed by atoms with Crippen LogP contribution in [0.25, 0.3) is 0 Å². The molecule has 0 aliphatic carbocycles. The fourth-order valence-electron chi connectivity index (χ4n) is 3.01. The number of carbonyl (C=O) groups is 1. The molecule has 1 fully saturated rings. The number of thioether (sulfide) groups is 1. The molecular weight excluding hydrogens is 321 g/mol. The summed E-state index contributed by atoms with van der Waals surface area (Å²) < 4.78 is 14.0. The minimum Gasteiger partial charge on any atom is -0.338 e. The Kier molecular flexibility index (Phi) is 5.24. The van der Waals surface area contributed by atoms with E-state index < -0.39 is 0 Å². The van der Waals surface area contributed by atoms with Crippen LogP contribution in [0.4, 0.5) is 4.39 Å². The quantitative estimate of drug-likeness (QED) is 0.783. The van der Waals surface area contributed by atoms with Crippen LogP contribution in [-0.4, -0.2) is 29.6 Å². The van der Waals surface area contributed by atoms with E-state index in [1.807, 2.05) is 49.1 Å². The molecule has 0 N–H and O–H groups in total. The second-order valence-electron chi connectivity index (χ2n) is 6.26. The Labute approximate surface area is 147 Å². The highest BCUT2D eigenvalue weighted by Gasteiger charge is 2.24. The van der Waals surface area contributed by atoms with E-state index in [1.165, 1.54) is 11.6 Å². The number of carbonyl (C=O) groups excluding carboxylic acids is 1. The van der Waals surface area contributed by atoms with Gasteiger partial charge in [0.1, 0.15) is 5.82 Å². The first-order valence-corrected chi connectivity index (χ1v) is 9.33. The van der Waals surface area contributed by atoms with Crippen LogP contribution in [0.15, 0.2) is 42.5 Å². The Hall–Kier alpha value is -1.81. The van der Waals surface area contributed by atoms with Crippen molar-refractivity contribution in [2.75, 3.05) is 18.8 Å². The third-order valence-corrected chi connectivity index (χ3v) is 5.94. The lowest BCUT2D eigenvalue weighted by Gasteiger charge is -2.21. The smallest absolute Gasteiger partial charge is 0.253 e. The molecule has 1 atom stereocenters. The minimum atomic E-state index is -0.149. The van der Waals surface area contributed by atoms with Gasteiger partial charge in [0.05, 0.1) is 0 Å². The molecule has 2 aromatic rings. The third kappa shape index (κ3) is 3.64. The molecule has 1 aliphatic heterocycles. The predicted octanol–water partition coefficient (Wildman–Crippen LogP) is 4.76. The number of rotatable bonds is 2. The van der Waals surface area contributed by atoms with Crippen LogP contribution in [0.2, 0.25) is 0 Å². The lowest BCUT2D eigenvalue weighted by atomic mass is 10.0. The van der Waals surface area contributed by atoms with Crippen LogP contribution in [0, 0.1) is 19.7 Å². The average Bonchev–Trinajstić information content (AvgIpc) is 2.83. The van der Waals surface area contributed by atoms with E-state index in [2.05, 4.69) is 0 Å². The van der Waals surface area contributed by atoms with E-state index in [0.29, 0.717) is 13.1 Å². The van der Waals surface area contributed by atoms with Gasteiger partial charge in [0, 0.05) is 35.2 Å². The fourth-order valence-corrected chi connectivity index (χ4v) is 4.27. The lowest BCUT2D eigenvalue weighted by molar-refractivity contribution is 0.0766. The van der Waals surface area contributed by atoms with Gasteiger partial charge in [0.2, 0.25) is 0 Å². The van der Waals surface area contributed by atoms with Crippen LogP contribution in [-0.2, 0) is 0 Å². The van der Waals surface area contributed by atoms with Crippen molar-refractivity contribution in [3.63, 3.8) is 0 Å². The Morgan fingerprint density at radius 2 is 1.92 bits per heavy atom. The minimum absolute atomic E-state index is 0.0767. The van der Waals surface area contributed by atoms with Gasteiger partial charge in [-0.1, -0.05) is 24.3 Å². The van der Waals surface area contributed by atoms with Gasteiger partial charge in [-0.05, 0) is 49.6 Å². The summed E-state index contributed by atoms with van der Waals surface area (Å²) in [5.74, 6) is 0.757. The molecule has 2 aromatic carbocycles. The molecule has 1 saturated heterocycles. The molecule has 24 heavy (non-hydrogen) atoms. The van der Waals surface area contributed by atoms with Crippen molar-refractivity contribution in [3.05, 3.63) is 70.5 Å². The SMILES string of the molecule is Cc1ccc(C(=O)N2CCSC(c3ccccc3F)CC2)cc1C. The van der Waals surface area contributed by atoms with Crippen LogP contribution in [0.5, 0.6) is 0 Å². The highest BCUT2D eigenvalue weighted by Crippen LogP contribution is 2.35. The number of amides is 1. The summed E-state index contributed by atoms with van der Waals surface area (Å²) in [5, 5.41) is 0.115. The van der Waals surface area contributed by atoms with Crippen molar-refractivity contribution in [3.8, 4) is 0 Å². The van der Waals surface area contributed by atoms with Crippen LogP contribution < -0.4 is 0 Å². The first-order valence-electron chi connectivity index (χ1n) is 8.29. The summed E-state index contributed by atoms with van der Waals surface area (Å²) in [7, 11) is 0. The average molecular weight is 343 g/mol. The van der Waals surface area contributed by atoms with Gasteiger partial charge in [-0.25, -0.2) is 4.39 Å². The zero-order valence-corrected chi connectivity index (χ0v) is 14.9. The van der Waals surface area contributed by atoms with Crippen LogP contribution in [0.3, 0.4) is 0 Å². The molecular formula is C20H22FNOS. The highest BCUT2D eigenvalue weighted by molar-refractivity contribution is 7.99. The van der Waals surface area contributed by atoms with E-state index in [4.69, 9.17) is 0 Å². The maximum atomic E-state index is 14.0. The summed E-state index contributed by atoms with van der Waals surface area (Å²) in [6, 6.07) is 12.8. The van der Waals surface area contributed by atoms with Gasteiger partial charge in [0.15, 0.2) is 0 Å². The van der Waals surface area contributed by atoms with Gasteiger partial charge >= 0.3 is 0 Å². The summed E-state index contributed by atoms with van der Waals surface area (Å²) in [5.41, 5.74) is 3.82. The molecule has 1 amide bonds. The van der Waals surface area contributed by atoms with Gasteiger partial charge in [-0.3, -0.25) is 4.79 Å². The molecule has 0 aromatic heterocycles. The molecule has 1 heterocycles. The molecule has 1 unspecified atom stereocenters. The monoisotopic (exact) mass is 343 g/mol. The summed E-state index contributed by atoms with van der Waals surface area (Å²) >= 11 is 1.74. The Morgan fingerprint density at radius 3 is 2.67 bits per heavy atom. The van der Waals surface area contributed by atoms with Gasteiger partial charge in [0.25, 0.3) is 5.91 Å². The summed E-state index contributed by atoms with van der Waals surface area (Å²) in [6.07, 6.45) is 0.780. The molecule has 126 valence electrons. The number of hydrogen-bond donors (Lipinski definition) is 0. The van der Waals surface area contributed by atoms with E-state index in [0.717, 1.165) is 28.9 Å². The largest absolute Gasteiger partial charge is 0.338 e. The summed E-state index contributed by atoms with van der Waals surface area (Å²) in [4.78, 5) is 14.7. The van der Waals surface area contributed by atoms with Crippen molar-refractivity contribution >= 4 is 17.7 Å². The maximum absolute atomic E-state index is 14.0. The third-order valence-electron chi connectivity index (χ3n) is 4.63. The first kappa shape index (κ1) is 17.0. The normalized spacial score (nSPS) is 18.3. The van der Waals surface area contributed by atoms with E-state index >= 15 is 0 Å². The van der Waals surface area contributed by atoms with Crippen molar-refractivity contribution < 1.29 is 9.18 Å². The number of aryl methyl sites for hydroxylation is 2. The van der Waals surface area contributed by atoms with Gasteiger partial charge < -0.3 is 4.90 Å². The molecule has 2 nitrogen and oxygen atoms in total. The Bertz CT molecular complexity index is 746. The number of hydrogen-bond acceptors (Lipinski definition) is 2. The molecule has 4 heteroatoms. The standard InChI is InChI=1S/C20H22FNOS/c1-14-7-8-16(13-15(14)2)20(23)22-10-9-19(24-12-11-22)17-5-3-4-6-18(17)21/h3-8,13,19H,9-12H2,1-2H3. The van der Waals surface area contributed by atoms with E-state index in [-0.39, 0.29) is 17.0 Å². The second-order valence-corrected chi connectivity index (χ2v) is 7.57. The zero-order valence-electron chi connectivity index (χ0n) is 14.1. The van der Waals surface area contributed by atoms with Gasteiger partial charge in [-0.15, -0.1) is 0 Å². The van der Waals surface area contributed by atoms with Crippen LogP contribution >= 0.6 is 11.8 Å². The molecule has 0 radical (unpaired) electrons. The maximum Gasteiger partial charge on any atom is 0.253 e. The number of nitrogens with zero attached hydrogens (tertiary/aromatic N) is 1. The van der Waals surface area contributed by atoms with Crippen molar-refractivity contribution in [1.29, 1.82) is 0 Å². The van der Waals surface area contributed by atoms with Crippen molar-refractivity contribution in [2.24, 2.45) is 0 Å². The van der Waals surface area contributed by atoms with Crippen LogP contribution in [0.1, 0.15) is 38.7 Å². The Morgan fingerprint density at radius 1 is 1.12 bits per heavy atom. The van der Waals surface area contributed by atoms with Crippen molar-refractivity contribution in [1.82, 2.24) is 4.90 Å². The molecule has 0 saturated carbocycles. The highest BCUT2D eigenvalue weighted by atomic mass is 32.2. The number of benzene rings is 2. The molecule has 1 aliphatic rings. The zero-order chi connectivity index (χ0) is 17.1. The topological polar surface area (TPSA) is 20.3 Å². The van der Waals surface area contributed by atoms with Gasteiger partial charge in [-0.2, -0.15) is 11.8 Å². The molecule has 0 spiro atoms. The first-order chi connectivity index (χ1) is 11.6. The molecule has 3 rings (SSSR count). The second kappa shape index (κ2) is 7.39. The van der Waals surface area contributed by atoms with Crippen molar-refractivity contribution in [2.45, 2.75) is 25.5 Å². The molecule has 0 bridgehead atoms. The van der Waals surface area contributed by atoms with E-state index in [9.17, 15) is 9.18 Å². The fraction of sp³-hybridized carbons (Fsp3) is 0.350. The van der Waals surface area contributed by atoms with E-state index in [1.54, 1.807) is 17.8 Å². The Balaban J connectivity index is 1.72. The number of halogens is 1. The lowest BCUT2D eigenvalue weighted by Crippen LogP contribution is -2.33. The predicted molar refractivity (Wildman–Crippen MR) is 98.0 cm³/mol.